The first-order valence-corrected chi connectivity index (χ1v) is 7.16. The molecule has 5 rings (SSSR count). The topological polar surface area (TPSA) is 73.1 Å². The normalized spacial score (nSPS) is 29.0. The molecule has 3 aliphatic rings. The van der Waals surface area contributed by atoms with Crippen molar-refractivity contribution in [2.24, 2.45) is 0 Å². The number of hydrogen-bond acceptors (Lipinski definition) is 4. The summed E-state index contributed by atoms with van der Waals surface area (Å²) in [5.41, 5.74) is 0.564. The highest BCUT2D eigenvalue weighted by Gasteiger charge is 2.61. The molecule has 2 aromatic rings. The van der Waals surface area contributed by atoms with Gasteiger partial charge in [-0.15, -0.1) is 0 Å². The van der Waals surface area contributed by atoms with Crippen LogP contribution in [0.4, 0.5) is 8.78 Å². The molecule has 2 aliphatic heterocycles. The first kappa shape index (κ1) is 14.4. The molecule has 0 amide bonds. The Bertz CT molecular complexity index is 811. The second-order valence-corrected chi connectivity index (χ2v) is 6.50. The van der Waals surface area contributed by atoms with Crippen molar-refractivity contribution in [1.82, 2.24) is 9.38 Å². The Kier molecular flexibility index (Phi) is 2.76. The van der Waals surface area contributed by atoms with E-state index < -0.39 is 18.3 Å². The Hall–Kier alpha value is -2.22. The molecule has 1 saturated carbocycles. The molecule has 3 fully saturated rings. The van der Waals surface area contributed by atoms with Gasteiger partial charge in [-0.1, -0.05) is 0 Å². The second-order valence-electron chi connectivity index (χ2n) is 6.50. The minimum Gasteiger partial charge on any atom is -0.477 e. The predicted octanol–water partition coefficient (Wildman–Crippen LogP) is 2.45. The Morgan fingerprint density at radius 3 is 2.78 bits per heavy atom. The van der Waals surface area contributed by atoms with Gasteiger partial charge in [0.2, 0.25) is 0 Å². The monoisotopic (exact) mass is 324 g/mol. The van der Waals surface area contributed by atoms with E-state index >= 15 is 0 Å². The van der Waals surface area contributed by atoms with Crippen LogP contribution in [0.1, 0.15) is 35.8 Å². The molecule has 1 aliphatic carbocycles. The molecule has 0 aromatic carbocycles. The standard InChI is InChI=1S/C15H14F2N2O4/c1-14-5-15(6-14,7-22-14)10-4-19-3-8(12(20)21)9(23-13(16)17)2-11(19)18-10/h2-4,13H,5-7H2,1H3,(H,20,21). The van der Waals surface area contributed by atoms with Crippen molar-refractivity contribution in [1.29, 1.82) is 0 Å². The number of aromatic carboxylic acids is 1. The SMILES string of the molecule is CC12CC(c3cn4cc(C(=O)O)c(OC(F)F)cc4n3)(CO1)C2. The smallest absolute Gasteiger partial charge is 0.387 e. The minimum atomic E-state index is -3.10. The molecule has 0 unspecified atom stereocenters. The predicted molar refractivity (Wildman–Crippen MR) is 74.1 cm³/mol. The molecular weight excluding hydrogens is 310 g/mol. The molecule has 2 aromatic heterocycles. The fraction of sp³-hybridized carbons (Fsp3) is 0.467. The Morgan fingerprint density at radius 1 is 1.48 bits per heavy atom. The van der Waals surface area contributed by atoms with Crippen molar-refractivity contribution >= 4 is 11.6 Å². The van der Waals surface area contributed by atoms with Gasteiger partial charge in [0.15, 0.2) is 0 Å². The molecule has 2 bridgehead atoms. The van der Waals surface area contributed by atoms with Gasteiger partial charge in [0.25, 0.3) is 0 Å². The lowest BCUT2D eigenvalue weighted by Crippen LogP contribution is -2.45. The molecule has 8 heteroatoms. The number of carboxylic acid groups (broad SMARTS) is 1. The van der Waals surface area contributed by atoms with Gasteiger partial charge in [-0.2, -0.15) is 8.78 Å². The maximum Gasteiger partial charge on any atom is 0.387 e. The van der Waals surface area contributed by atoms with Crippen molar-refractivity contribution in [3.8, 4) is 5.75 Å². The fourth-order valence-electron chi connectivity index (χ4n) is 3.78. The molecular formula is C15H14F2N2O4. The van der Waals surface area contributed by atoms with E-state index in [1.807, 2.05) is 6.92 Å². The van der Waals surface area contributed by atoms with Crippen molar-refractivity contribution in [2.75, 3.05) is 6.61 Å². The van der Waals surface area contributed by atoms with Crippen LogP contribution in [0, 0.1) is 0 Å². The van der Waals surface area contributed by atoms with Gasteiger partial charge in [-0.05, 0) is 19.8 Å². The van der Waals surface area contributed by atoms with Gasteiger partial charge in [0, 0.05) is 23.9 Å². The number of carbonyl (C=O) groups is 1. The highest BCUT2D eigenvalue weighted by Crippen LogP contribution is 2.58. The molecule has 6 nitrogen and oxygen atoms in total. The van der Waals surface area contributed by atoms with Crippen LogP contribution in [0.2, 0.25) is 0 Å². The van der Waals surface area contributed by atoms with E-state index in [0.29, 0.717) is 12.3 Å². The Balaban J connectivity index is 1.78. The summed E-state index contributed by atoms with van der Waals surface area (Å²) in [5.74, 6) is -1.73. The third-order valence-electron chi connectivity index (χ3n) is 4.67. The maximum atomic E-state index is 12.5. The first-order chi connectivity index (χ1) is 10.8. The van der Waals surface area contributed by atoms with E-state index in [9.17, 15) is 18.7 Å². The zero-order chi connectivity index (χ0) is 16.4. The highest BCUT2D eigenvalue weighted by atomic mass is 19.3. The van der Waals surface area contributed by atoms with E-state index in [0.717, 1.165) is 18.5 Å². The summed E-state index contributed by atoms with van der Waals surface area (Å²) < 4.78 is 36.5. The lowest BCUT2D eigenvalue weighted by Gasteiger charge is -2.41. The van der Waals surface area contributed by atoms with Gasteiger partial charge in [-0.25, -0.2) is 9.78 Å². The number of hydrogen-bond donors (Lipinski definition) is 1. The van der Waals surface area contributed by atoms with Gasteiger partial charge >= 0.3 is 12.6 Å². The maximum absolute atomic E-state index is 12.5. The molecule has 0 radical (unpaired) electrons. The minimum absolute atomic E-state index is 0.105. The van der Waals surface area contributed by atoms with Crippen LogP contribution in [0.25, 0.3) is 5.65 Å². The highest BCUT2D eigenvalue weighted by molar-refractivity contribution is 5.91. The summed E-state index contributed by atoms with van der Waals surface area (Å²) in [6.45, 7) is -0.482. The van der Waals surface area contributed by atoms with E-state index in [1.165, 1.54) is 16.7 Å². The fourth-order valence-corrected chi connectivity index (χ4v) is 3.78. The van der Waals surface area contributed by atoms with Crippen molar-refractivity contribution in [3.05, 3.63) is 29.7 Å². The molecule has 2 saturated heterocycles. The van der Waals surface area contributed by atoms with Gasteiger partial charge in [-0.3, -0.25) is 0 Å². The van der Waals surface area contributed by atoms with E-state index in [4.69, 9.17) is 4.74 Å². The van der Waals surface area contributed by atoms with Gasteiger partial charge < -0.3 is 19.0 Å². The zero-order valence-electron chi connectivity index (χ0n) is 12.3. The number of fused-ring (bicyclic) bond motifs is 2. The van der Waals surface area contributed by atoms with Crippen LogP contribution in [-0.2, 0) is 10.2 Å². The van der Waals surface area contributed by atoms with Crippen LogP contribution in [0.15, 0.2) is 18.5 Å². The van der Waals surface area contributed by atoms with E-state index in [2.05, 4.69) is 9.72 Å². The quantitative estimate of drug-likeness (QED) is 0.935. The lowest BCUT2D eigenvalue weighted by atomic mass is 9.62. The van der Waals surface area contributed by atoms with Crippen LogP contribution >= 0.6 is 0 Å². The Morgan fingerprint density at radius 2 is 2.22 bits per heavy atom. The number of alkyl halides is 2. The molecule has 23 heavy (non-hydrogen) atoms. The molecule has 0 atom stereocenters. The third-order valence-corrected chi connectivity index (χ3v) is 4.67. The van der Waals surface area contributed by atoms with Crippen LogP contribution in [-0.4, -0.2) is 39.3 Å². The van der Waals surface area contributed by atoms with Gasteiger partial charge in [0.05, 0.1) is 17.9 Å². The summed E-state index contributed by atoms with van der Waals surface area (Å²) in [7, 11) is 0. The van der Waals surface area contributed by atoms with E-state index in [-0.39, 0.29) is 16.6 Å². The number of imidazole rings is 1. The molecule has 0 spiro atoms. The first-order valence-electron chi connectivity index (χ1n) is 7.16. The number of rotatable bonds is 4. The van der Waals surface area contributed by atoms with Crippen LogP contribution < -0.4 is 4.74 Å². The van der Waals surface area contributed by atoms with Crippen molar-refractivity contribution < 1.29 is 28.2 Å². The number of ether oxygens (including phenoxy) is 2. The van der Waals surface area contributed by atoms with Gasteiger partial charge in [0.1, 0.15) is 17.0 Å². The Labute approximate surface area is 129 Å². The summed E-state index contributed by atoms with van der Waals surface area (Å²) in [6.07, 6.45) is 4.70. The molecule has 1 N–H and O–H groups in total. The van der Waals surface area contributed by atoms with E-state index in [1.54, 1.807) is 6.20 Å². The summed E-state index contributed by atoms with van der Waals surface area (Å²) in [5, 5.41) is 9.17. The number of pyridine rings is 1. The third kappa shape index (κ3) is 2.08. The largest absolute Gasteiger partial charge is 0.477 e. The lowest BCUT2D eigenvalue weighted by molar-refractivity contribution is -0.0503. The molecule has 4 heterocycles. The number of carboxylic acids is 1. The summed E-state index contributed by atoms with van der Waals surface area (Å²) in [6, 6.07) is 1.23. The number of halogens is 2. The van der Waals surface area contributed by atoms with Crippen molar-refractivity contribution in [3.63, 3.8) is 0 Å². The van der Waals surface area contributed by atoms with Crippen molar-refractivity contribution in [2.45, 2.75) is 37.4 Å². The van der Waals surface area contributed by atoms with Crippen LogP contribution in [0.3, 0.4) is 0 Å². The summed E-state index contributed by atoms with van der Waals surface area (Å²) in [4.78, 5) is 15.7. The summed E-state index contributed by atoms with van der Waals surface area (Å²) >= 11 is 0. The van der Waals surface area contributed by atoms with Crippen LogP contribution in [0.5, 0.6) is 5.75 Å². The number of aromatic nitrogens is 2. The zero-order valence-corrected chi connectivity index (χ0v) is 12.3. The second kappa shape index (κ2) is 4.41. The average Bonchev–Trinajstić information content (AvgIpc) is 3.06. The molecule has 122 valence electrons. The average molecular weight is 324 g/mol. The number of nitrogens with zero attached hydrogens (tertiary/aromatic N) is 2.